The SMILES string of the molecule is CCCC(C)N(C)C(=O)c1cc(NCC)ncc1[N+](=O)[O-]. The van der Waals surface area contributed by atoms with Crippen LogP contribution in [0.25, 0.3) is 0 Å². The van der Waals surface area contributed by atoms with E-state index in [2.05, 4.69) is 10.3 Å². The zero-order chi connectivity index (χ0) is 16.0. The number of pyridine rings is 1. The molecule has 0 saturated carbocycles. The zero-order valence-electron chi connectivity index (χ0n) is 12.9. The van der Waals surface area contributed by atoms with Crippen molar-refractivity contribution in [3.05, 3.63) is 27.9 Å². The maximum absolute atomic E-state index is 12.5. The first-order chi connectivity index (χ1) is 9.92. The summed E-state index contributed by atoms with van der Waals surface area (Å²) >= 11 is 0. The van der Waals surface area contributed by atoms with Crippen molar-refractivity contribution in [1.29, 1.82) is 0 Å². The van der Waals surface area contributed by atoms with Gasteiger partial charge >= 0.3 is 0 Å². The van der Waals surface area contributed by atoms with Crippen molar-refractivity contribution in [1.82, 2.24) is 9.88 Å². The Morgan fingerprint density at radius 2 is 2.19 bits per heavy atom. The van der Waals surface area contributed by atoms with Gasteiger partial charge in [0.25, 0.3) is 11.6 Å². The fourth-order valence-corrected chi connectivity index (χ4v) is 2.04. The molecule has 0 aliphatic heterocycles. The molecule has 0 aliphatic rings. The highest BCUT2D eigenvalue weighted by Crippen LogP contribution is 2.23. The molecule has 21 heavy (non-hydrogen) atoms. The summed E-state index contributed by atoms with van der Waals surface area (Å²) in [5.41, 5.74) is -0.200. The van der Waals surface area contributed by atoms with E-state index in [0.717, 1.165) is 19.0 Å². The number of carbonyl (C=O) groups excluding carboxylic acids is 1. The summed E-state index contributed by atoms with van der Waals surface area (Å²) in [5.74, 6) is 0.104. The number of anilines is 1. The maximum Gasteiger partial charge on any atom is 0.300 e. The second-order valence-electron chi connectivity index (χ2n) is 4.93. The molecule has 7 heteroatoms. The summed E-state index contributed by atoms with van der Waals surface area (Å²) < 4.78 is 0. The normalized spacial score (nSPS) is 11.8. The molecule has 1 aromatic heterocycles. The van der Waals surface area contributed by atoms with Crippen molar-refractivity contribution in [3.63, 3.8) is 0 Å². The van der Waals surface area contributed by atoms with Gasteiger partial charge in [0.2, 0.25) is 0 Å². The monoisotopic (exact) mass is 294 g/mol. The smallest absolute Gasteiger partial charge is 0.300 e. The van der Waals surface area contributed by atoms with Crippen LogP contribution in [0, 0.1) is 10.1 Å². The number of nitrogens with zero attached hydrogens (tertiary/aromatic N) is 3. The molecule has 1 N–H and O–H groups in total. The van der Waals surface area contributed by atoms with E-state index >= 15 is 0 Å². The van der Waals surface area contributed by atoms with Gasteiger partial charge in [-0.05, 0) is 20.3 Å². The van der Waals surface area contributed by atoms with E-state index in [1.54, 1.807) is 11.9 Å². The van der Waals surface area contributed by atoms with E-state index in [1.807, 2.05) is 20.8 Å². The van der Waals surface area contributed by atoms with Gasteiger partial charge in [0.1, 0.15) is 17.6 Å². The summed E-state index contributed by atoms with van der Waals surface area (Å²) in [4.78, 5) is 28.5. The molecule has 0 aromatic carbocycles. The standard InChI is InChI=1S/C14H22N4O3/c1-5-7-10(3)17(4)14(19)11-8-13(15-6-2)16-9-12(11)18(20)21/h8-10H,5-7H2,1-4H3,(H,15,16). The molecule has 1 rings (SSSR count). The van der Waals surface area contributed by atoms with Gasteiger partial charge in [-0.25, -0.2) is 4.98 Å². The van der Waals surface area contributed by atoms with Gasteiger partial charge in [0.05, 0.1) is 4.92 Å². The number of hydrogen-bond acceptors (Lipinski definition) is 5. The Kier molecular flexibility index (Phi) is 6.08. The second-order valence-corrected chi connectivity index (χ2v) is 4.93. The van der Waals surface area contributed by atoms with Crippen LogP contribution in [-0.4, -0.2) is 40.3 Å². The van der Waals surface area contributed by atoms with Crippen LogP contribution < -0.4 is 5.32 Å². The lowest BCUT2D eigenvalue weighted by Gasteiger charge is -2.24. The topological polar surface area (TPSA) is 88.4 Å². The van der Waals surface area contributed by atoms with Crippen molar-refractivity contribution in [2.45, 2.75) is 39.7 Å². The predicted molar refractivity (Wildman–Crippen MR) is 81.5 cm³/mol. The molecule has 1 unspecified atom stereocenters. The summed E-state index contributed by atoms with van der Waals surface area (Å²) in [6.07, 6.45) is 2.92. The van der Waals surface area contributed by atoms with Crippen LogP contribution in [0.4, 0.5) is 11.5 Å². The summed E-state index contributed by atoms with van der Waals surface area (Å²) in [6, 6.07) is 1.47. The Hall–Kier alpha value is -2.18. The average molecular weight is 294 g/mol. The van der Waals surface area contributed by atoms with Gasteiger partial charge < -0.3 is 10.2 Å². The third-order valence-electron chi connectivity index (χ3n) is 3.36. The zero-order valence-corrected chi connectivity index (χ0v) is 12.9. The highest BCUT2D eigenvalue weighted by molar-refractivity contribution is 5.98. The molecule has 0 spiro atoms. The minimum absolute atomic E-state index is 0.0258. The molecule has 1 aromatic rings. The van der Waals surface area contributed by atoms with E-state index in [4.69, 9.17) is 0 Å². The molecule has 1 amide bonds. The number of rotatable bonds is 7. The van der Waals surface area contributed by atoms with Gasteiger partial charge in [-0.1, -0.05) is 13.3 Å². The lowest BCUT2D eigenvalue weighted by molar-refractivity contribution is -0.385. The van der Waals surface area contributed by atoms with Crippen molar-refractivity contribution in [2.75, 3.05) is 18.9 Å². The van der Waals surface area contributed by atoms with Crippen molar-refractivity contribution in [3.8, 4) is 0 Å². The Bertz CT molecular complexity index is 519. The van der Waals surface area contributed by atoms with Gasteiger partial charge in [-0.2, -0.15) is 0 Å². The quantitative estimate of drug-likeness (QED) is 0.617. The molecule has 7 nitrogen and oxygen atoms in total. The molecule has 116 valence electrons. The van der Waals surface area contributed by atoms with Crippen molar-refractivity contribution < 1.29 is 9.72 Å². The first kappa shape index (κ1) is 16.9. The molecule has 0 radical (unpaired) electrons. The second kappa shape index (κ2) is 7.56. The first-order valence-electron chi connectivity index (χ1n) is 7.07. The fraction of sp³-hybridized carbons (Fsp3) is 0.571. The largest absolute Gasteiger partial charge is 0.370 e. The Balaban J connectivity index is 3.15. The lowest BCUT2D eigenvalue weighted by atomic mass is 10.1. The number of aromatic nitrogens is 1. The number of hydrogen-bond donors (Lipinski definition) is 1. The van der Waals surface area contributed by atoms with E-state index in [9.17, 15) is 14.9 Å². The van der Waals surface area contributed by atoms with Gasteiger partial charge in [0, 0.05) is 25.7 Å². The van der Waals surface area contributed by atoms with Crippen LogP contribution in [0.1, 0.15) is 44.0 Å². The van der Waals surface area contributed by atoms with Crippen LogP contribution in [0.15, 0.2) is 12.3 Å². The molecule has 0 bridgehead atoms. The highest BCUT2D eigenvalue weighted by atomic mass is 16.6. The van der Waals surface area contributed by atoms with E-state index in [-0.39, 0.29) is 23.2 Å². The number of amides is 1. The van der Waals surface area contributed by atoms with Gasteiger partial charge in [0.15, 0.2) is 0 Å². The fourth-order valence-electron chi connectivity index (χ4n) is 2.04. The van der Waals surface area contributed by atoms with Crippen molar-refractivity contribution >= 4 is 17.4 Å². The molecule has 0 aliphatic carbocycles. The third-order valence-corrected chi connectivity index (χ3v) is 3.36. The van der Waals surface area contributed by atoms with E-state index < -0.39 is 4.92 Å². The van der Waals surface area contributed by atoms with Crippen molar-refractivity contribution in [2.24, 2.45) is 0 Å². The van der Waals surface area contributed by atoms with Gasteiger partial charge in [-0.15, -0.1) is 0 Å². The maximum atomic E-state index is 12.5. The van der Waals surface area contributed by atoms with Crippen LogP contribution in [-0.2, 0) is 0 Å². The van der Waals surface area contributed by atoms with E-state index in [1.165, 1.54) is 6.07 Å². The molecule has 1 heterocycles. The van der Waals surface area contributed by atoms with Gasteiger partial charge in [-0.3, -0.25) is 14.9 Å². The highest BCUT2D eigenvalue weighted by Gasteiger charge is 2.26. The molecule has 0 fully saturated rings. The number of nitrogens with one attached hydrogen (secondary N) is 1. The number of carbonyl (C=O) groups is 1. The third kappa shape index (κ3) is 4.14. The summed E-state index contributed by atoms with van der Waals surface area (Å²) in [7, 11) is 1.67. The van der Waals surface area contributed by atoms with E-state index in [0.29, 0.717) is 12.4 Å². The summed E-state index contributed by atoms with van der Waals surface area (Å²) in [5, 5.41) is 14.0. The number of nitro groups is 1. The molecule has 0 saturated heterocycles. The van der Waals surface area contributed by atoms with Crippen LogP contribution >= 0.6 is 0 Å². The minimum atomic E-state index is -0.575. The lowest BCUT2D eigenvalue weighted by Crippen LogP contribution is -2.35. The minimum Gasteiger partial charge on any atom is -0.370 e. The molecular weight excluding hydrogens is 272 g/mol. The Morgan fingerprint density at radius 3 is 2.71 bits per heavy atom. The molecule has 1 atom stereocenters. The van der Waals surface area contributed by atoms with Crippen LogP contribution in [0.5, 0.6) is 0 Å². The predicted octanol–water partition coefficient (Wildman–Crippen LogP) is 2.68. The molecular formula is C14H22N4O3. The Labute approximate surface area is 124 Å². The average Bonchev–Trinajstić information content (AvgIpc) is 2.46. The van der Waals surface area contributed by atoms with Crippen LogP contribution in [0.2, 0.25) is 0 Å². The summed E-state index contributed by atoms with van der Waals surface area (Å²) in [6.45, 7) is 6.48. The first-order valence-corrected chi connectivity index (χ1v) is 7.07. The Morgan fingerprint density at radius 1 is 1.52 bits per heavy atom. The van der Waals surface area contributed by atoms with Crippen LogP contribution in [0.3, 0.4) is 0 Å².